The van der Waals surface area contributed by atoms with Crippen molar-refractivity contribution < 1.29 is 14.3 Å². The van der Waals surface area contributed by atoms with Crippen LogP contribution in [-0.2, 0) is 4.74 Å². The number of esters is 1. The Balaban J connectivity index is 2.95. The average Bonchev–Trinajstić information content (AvgIpc) is 2.14. The molecule has 0 spiro atoms. The molecule has 0 atom stereocenters. The largest absolute Gasteiger partial charge is 0.481 e. The molecule has 16 heavy (non-hydrogen) atoms. The van der Waals surface area contributed by atoms with Crippen molar-refractivity contribution in [1.29, 1.82) is 0 Å². The molecule has 0 aliphatic rings. The number of hydrogen-bond donors (Lipinski definition) is 1. The molecule has 0 radical (unpaired) electrons. The lowest BCUT2D eigenvalue weighted by atomic mass is 10.2. The van der Waals surface area contributed by atoms with Gasteiger partial charge >= 0.3 is 5.97 Å². The molecule has 0 aliphatic heterocycles. The maximum absolute atomic E-state index is 11.7. The van der Waals surface area contributed by atoms with E-state index in [1.807, 2.05) is 0 Å². The van der Waals surface area contributed by atoms with Gasteiger partial charge in [-0.15, -0.1) is 0 Å². The number of anilines is 1. The molecule has 0 aliphatic carbocycles. The Morgan fingerprint density at radius 1 is 1.38 bits per heavy atom. The van der Waals surface area contributed by atoms with Crippen molar-refractivity contribution in [2.45, 2.75) is 26.4 Å². The lowest BCUT2D eigenvalue weighted by molar-refractivity contribution is 0.00690. The lowest BCUT2D eigenvalue weighted by Gasteiger charge is -2.19. The molecule has 88 valence electrons. The van der Waals surface area contributed by atoms with Crippen LogP contribution in [0.15, 0.2) is 12.1 Å². The predicted molar refractivity (Wildman–Crippen MR) is 60.4 cm³/mol. The van der Waals surface area contributed by atoms with Crippen LogP contribution in [0.2, 0.25) is 0 Å². The van der Waals surface area contributed by atoms with Crippen molar-refractivity contribution in [2.24, 2.45) is 0 Å². The fourth-order valence-corrected chi connectivity index (χ4v) is 1.09. The zero-order valence-electron chi connectivity index (χ0n) is 9.90. The number of nitrogens with zero attached hydrogens (tertiary/aromatic N) is 1. The summed E-state index contributed by atoms with van der Waals surface area (Å²) in [6, 6.07) is 2.95. The van der Waals surface area contributed by atoms with Gasteiger partial charge in [0, 0.05) is 6.07 Å². The third-order valence-corrected chi connectivity index (χ3v) is 1.67. The van der Waals surface area contributed by atoms with Gasteiger partial charge in [0.1, 0.15) is 11.4 Å². The Kier molecular flexibility index (Phi) is 3.37. The first kappa shape index (κ1) is 12.3. The summed E-state index contributed by atoms with van der Waals surface area (Å²) in [5.41, 5.74) is 5.33. The van der Waals surface area contributed by atoms with Gasteiger partial charge in [-0.25, -0.2) is 4.79 Å². The van der Waals surface area contributed by atoms with Gasteiger partial charge in [-0.05, 0) is 26.8 Å². The molecule has 1 heterocycles. The van der Waals surface area contributed by atoms with E-state index in [1.54, 1.807) is 20.8 Å². The standard InChI is InChI=1S/C11H16N2O3/c1-11(2,3)16-10(14)7-5-8(12)13-9(6-7)15-4/h5-6H,1-4H3,(H2,12,13). The highest BCUT2D eigenvalue weighted by Crippen LogP contribution is 2.17. The summed E-state index contributed by atoms with van der Waals surface area (Å²) in [5.74, 6) is 0.0703. The number of hydrogen-bond acceptors (Lipinski definition) is 5. The average molecular weight is 224 g/mol. The highest BCUT2D eigenvalue weighted by Gasteiger charge is 2.19. The summed E-state index contributed by atoms with van der Waals surface area (Å²) in [7, 11) is 1.46. The highest BCUT2D eigenvalue weighted by atomic mass is 16.6. The molecule has 0 bridgehead atoms. The van der Waals surface area contributed by atoms with E-state index < -0.39 is 11.6 Å². The first-order valence-electron chi connectivity index (χ1n) is 4.87. The fourth-order valence-electron chi connectivity index (χ4n) is 1.09. The SMILES string of the molecule is COc1cc(C(=O)OC(C)(C)C)cc(N)n1. The molecule has 5 nitrogen and oxygen atoms in total. The van der Waals surface area contributed by atoms with Crippen molar-refractivity contribution in [1.82, 2.24) is 4.98 Å². The molecule has 0 fully saturated rings. The van der Waals surface area contributed by atoms with Crippen LogP contribution in [0.25, 0.3) is 0 Å². The van der Waals surface area contributed by atoms with Crippen molar-refractivity contribution >= 4 is 11.8 Å². The van der Waals surface area contributed by atoms with Gasteiger partial charge in [-0.1, -0.05) is 0 Å². The number of aromatic nitrogens is 1. The van der Waals surface area contributed by atoms with E-state index in [0.717, 1.165) is 0 Å². The molecular formula is C11H16N2O3. The van der Waals surface area contributed by atoms with Crippen molar-refractivity contribution in [3.8, 4) is 5.88 Å². The summed E-state index contributed by atoms with van der Waals surface area (Å²) >= 11 is 0. The minimum atomic E-state index is -0.539. The van der Waals surface area contributed by atoms with Gasteiger partial charge in [0.2, 0.25) is 5.88 Å². The Hall–Kier alpha value is -1.78. The second-order valence-corrected chi connectivity index (χ2v) is 4.32. The number of nitrogen functional groups attached to an aromatic ring is 1. The summed E-state index contributed by atoms with van der Waals surface area (Å²) in [4.78, 5) is 15.6. The minimum absolute atomic E-state index is 0.222. The Morgan fingerprint density at radius 2 is 2.00 bits per heavy atom. The maximum atomic E-state index is 11.7. The van der Waals surface area contributed by atoms with Crippen molar-refractivity contribution in [3.05, 3.63) is 17.7 Å². The quantitative estimate of drug-likeness (QED) is 0.773. The van der Waals surface area contributed by atoms with E-state index in [1.165, 1.54) is 19.2 Å². The molecular weight excluding hydrogens is 208 g/mol. The van der Waals surface area contributed by atoms with E-state index >= 15 is 0 Å². The molecule has 2 N–H and O–H groups in total. The molecule has 1 aromatic heterocycles. The van der Waals surface area contributed by atoms with Gasteiger partial charge in [0.25, 0.3) is 0 Å². The molecule has 1 rings (SSSR count). The van der Waals surface area contributed by atoms with Gasteiger partial charge in [-0.2, -0.15) is 4.98 Å². The molecule has 1 aromatic rings. The van der Waals surface area contributed by atoms with E-state index in [2.05, 4.69) is 4.98 Å². The molecule has 0 saturated carbocycles. The van der Waals surface area contributed by atoms with Crippen LogP contribution >= 0.6 is 0 Å². The smallest absolute Gasteiger partial charge is 0.338 e. The minimum Gasteiger partial charge on any atom is -0.481 e. The fraction of sp³-hybridized carbons (Fsp3) is 0.455. The maximum Gasteiger partial charge on any atom is 0.338 e. The van der Waals surface area contributed by atoms with Crippen molar-refractivity contribution in [2.75, 3.05) is 12.8 Å². The number of carbonyl (C=O) groups is 1. The monoisotopic (exact) mass is 224 g/mol. The van der Waals surface area contributed by atoms with Crippen LogP contribution < -0.4 is 10.5 Å². The summed E-state index contributed by atoms with van der Waals surface area (Å²) < 4.78 is 10.1. The second kappa shape index (κ2) is 4.38. The number of nitrogens with two attached hydrogens (primary N) is 1. The Morgan fingerprint density at radius 3 is 2.50 bits per heavy atom. The summed E-state index contributed by atoms with van der Waals surface area (Å²) in [6.07, 6.45) is 0. The second-order valence-electron chi connectivity index (χ2n) is 4.32. The summed E-state index contributed by atoms with van der Waals surface area (Å²) in [5, 5.41) is 0. The van der Waals surface area contributed by atoms with Crippen LogP contribution in [0.3, 0.4) is 0 Å². The third-order valence-electron chi connectivity index (χ3n) is 1.67. The molecule has 0 amide bonds. The normalized spacial score (nSPS) is 11.0. The van der Waals surface area contributed by atoms with Gasteiger partial charge in [-0.3, -0.25) is 0 Å². The molecule has 0 aromatic carbocycles. The van der Waals surface area contributed by atoms with Crippen LogP contribution in [0.1, 0.15) is 31.1 Å². The van der Waals surface area contributed by atoms with Crippen LogP contribution in [-0.4, -0.2) is 23.7 Å². The number of pyridine rings is 1. The number of ether oxygens (including phenoxy) is 2. The highest BCUT2D eigenvalue weighted by molar-refractivity contribution is 5.90. The van der Waals surface area contributed by atoms with Gasteiger partial charge in [0.15, 0.2) is 0 Å². The van der Waals surface area contributed by atoms with Crippen LogP contribution in [0, 0.1) is 0 Å². The van der Waals surface area contributed by atoms with E-state index in [-0.39, 0.29) is 5.82 Å². The third kappa shape index (κ3) is 3.42. The topological polar surface area (TPSA) is 74.4 Å². The Bertz CT molecular complexity index is 397. The van der Waals surface area contributed by atoms with E-state index in [0.29, 0.717) is 11.4 Å². The van der Waals surface area contributed by atoms with Gasteiger partial charge < -0.3 is 15.2 Å². The van der Waals surface area contributed by atoms with E-state index in [9.17, 15) is 4.79 Å². The number of methoxy groups -OCH3 is 1. The van der Waals surface area contributed by atoms with Crippen LogP contribution in [0.4, 0.5) is 5.82 Å². The Labute approximate surface area is 94.6 Å². The zero-order valence-corrected chi connectivity index (χ0v) is 9.90. The predicted octanol–water partition coefficient (Wildman–Crippen LogP) is 1.63. The first-order valence-corrected chi connectivity index (χ1v) is 4.87. The molecule has 0 unspecified atom stereocenters. The van der Waals surface area contributed by atoms with Gasteiger partial charge in [0.05, 0.1) is 12.7 Å². The lowest BCUT2D eigenvalue weighted by Crippen LogP contribution is -2.24. The molecule has 5 heteroatoms. The number of rotatable bonds is 2. The first-order chi connectivity index (χ1) is 7.31. The summed E-state index contributed by atoms with van der Waals surface area (Å²) in [6.45, 7) is 5.39. The zero-order chi connectivity index (χ0) is 12.3. The van der Waals surface area contributed by atoms with Crippen LogP contribution in [0.5, 0.6) is 5.88 Å². The molecule has 0 saturated heterocycles. The number of carbonyl (C=O) groups excluding carboxylic acids is 1. The van der Waals surface area contributed by atoms with E-state index in [4.69, 9.17) is 15.2 Å². The van der Waals surface area contributed by atoms with Crippen molar-refractivity contribution in [3.63, 3.8) is 0 Å².